The van der Waals surface area contributed by atoms with Gasteiger partial charge in [-0.3, -0.25) is 0 Å². The van der Waals surface area contributed by atoms with E-state index in [0.717, 1.165) is 12.3 Å². The Morgan fingerprint density at radius 3 is 2.43 bits per heavy atom. The first-order valence-corrected chi connectivity index (χ1v) is 5.34. The number of hydrogen-bond donors (Lipinski definition) is 0. The zero-order chi connectivity index (χ0) is 9.97. The zero-order valence-corrected chi connectivity index (χ0v) is 8.72. The van der Waals surface area contributed by atoms with Gasteiger partial charge in [-0.1, -0.05) is 37.8 Å². The Balaban J connectivity index is 2.27. The van der Waals surface area contributed by atoms with Crippen LogP contribution in [0.25, 0.3) is 5.57 Å². The minimum absolute atomic E-state index is 0.736. The lowest BCUT2D eigenvalue weighted by Gasteiger charge is -2.04. The molecule has 72 valence electrons. The van der Waals surface area contributed by atoms with Crippen molar-refractivity contribution in [2.75, 3.05) is 0 Å². The fraction of sp³-hybridized carbons (Fsp3) is 0.357. The highest BCUT2D eigenvalue weighted by Gasteiger charge is 2.26. The van der Waals surface area contributed by atoms with E-state index in [9.17, 15) is 0 Å². The Labute approximate surface area is 86.0 Å². The Hall–Kier alpha value is -1.26. The molecule has 1 fully saturated rings. The van der Waals surface area contributed by atoms with E-state index in [1.807, 2.05) is 0 Å². The molecule has 1 aromatic carbocycles. The van der Waals surface area contributed by atoms with Crippen molar-refractivity contribution in [3.63, 3.8) is 0 Å². The number of rotatable bonds is 3. The molecule has 1 saturated carbocycles. The highest BCUT2D eigenvalue weighted by molar-refractivity contribution is 5.68. The van der Waals surface area contributed by atoms with Crippen molar-refractivity contribution in [1.82, 2.24) is 0 Å². The highest BCUT2D eigenvalue weighted by Crippen LogP contribution is 2.41. The minimum atomic E-state index is 0.736. The molecule has 2 rings (SSSR count). The van der Waals surface area contributed by atoms with E-state index in [0.29, 0.717) is 0 Å². The quantitative estimate of drug-likeness (QED) is 0.626. The van der Waals surface area contributed by atoms with Gasteiger partial charge < -0.3 is 0 Å². The summed E-state index contributed by atoms with van der Waals surface area (Å²) in [7, 11) is 0. The SMILES string of the molecule is C=C=C(c1ccc(CC)cc1)C1CC1. The van der Waals surface area contributed by atoms with E-state index >= 15 is 0 Å². The second kappa shape index (κ2) is 3.86. The molecular weight excluding hydrogens is 168 g/mol. The van der Waals surface area contributed by atoms with Crippen LogP contribution in [0.1, 0.15) is 30.9 Å². The monoisotopic (exact) mass is 184 g/mol. The molecule has 1 aliphatic rings. The van der Waals surface area contributed by atoms with Gasteiger partial charge in [0.25, 0.3) is 0 Å². The van der Waals surface area contributed by atoms with Crippen LogP contribution in [0.3, 0.4) is 0 Å². The lowest BCUT2D eigenvalue weighted by Crippen LogP contribution is -1.86. The maximum absolute atomic E-state index is 3.78. The summed E-state index contributed by atoms with van der Waals surface area (Å²) in [5.74, 6) is 0.736. The van der Waals surface area contributed by atoms with Crippen molar-refractivity contribution in [2.24, 2.45) is 5.92 Å². The van der Waals surface area contributed by atoms with E-state index < -0.39 is 0 Å². The molecule has 0 heteroatoms. The number of hydrogen-bond acceptors (Lipinski definition) is 0. The smallest absolute Gasteiger partial charge is 0.00368 e. The maximum atomic E-state index is 3.78. The van der Waals surface area contributed by atoms with Gasteiger partial charge >= 0.3 is 0 Å². The number of allylic oxidation sites excluding steroid dienone is 1. The molecule has 0 nitrogen and oxygen atoms in total. The van der Waals surface area contributed by atoms with E-state index in [2.05, 4.69) is 43.5 Å². The van der Waals surface area contributed by atoms with Gasteiger partial charge in [0.2, 0.25) is 0 Å². The van der Waals surface area contributed by atoms with Crippen LogP contribution >= 0.6 is 0 Å². The van der Waals surface area contributed by atoms with E-state index in [4.69, 9.17) is 0 Å². The first-order chi connectivity index (χ1) is 6.85. The van der Waals surface area contributed by atoms with Crippen LogP contribution in [0, 0.1) is 5.92 Å². The average Bonchev–Trinajstić information content (AvgIpc) is 3.04. The lowest BCUT2D eigenvalue weighted by molar-refractivity contribution is 1.12. The zero-order valence-electron chi connectivity index (χ0n) is 8.72. The predicted octanol–water partition coefficient (Wildman–Crippen LogP) is 3.83. The van der Waals surface area contributed by atoms with E-state index in [-0.39, 0.29) is 0 Å². The summed E-state index contributed by atoms with van der Waals surface area (Å²) in [6, 6.07) is 8.80. The van der Waals surface area contributed by atoms with Crippen molar-refractivity contribution in [3.05, 3.63) is 47.7 Å². The summed E-state index contributed by atoms with van der Waals surface area (Å²) in [6.45, 7) is 5.96. The van der Waals surface area contributed by atoms with Gasteiger partial charge in [0, 0.05) is 5.57 Å². The van der Waals surface area contributed by atoms with Crippen LogP contribution in [-0.2, 0) is 6.42 Å². The van der Waals surface area contributed by atoms with Crippen molar-refractivity contribution in [3.8, 4) is 0 Å². The largest absolute Gasteiger partial charge is 0.124 e. The van der Waals surface area contributed by atoms with Crippen LogP contribution in [0.5, 0.6) is 0 Å². The van der Waals surface area contributed by atoms with Gasteiger partial charge in [-0.25, -0.2) is 0 Å². The van der Waals surface area contributed by atoms with E-state index in [1.165, 1.54) is 29.5 Å². The molecule has 0 aromatic heterocycles. The molecule has 0 atom stereocenters. The molecule has 0 amide bonds. The molecule has 0 bridgehead atoms. The van der Waals surface area contributed by atoms with Crippen LogP contribution < -0.4 is 0 Å². The predicted molar refractivity (Wildman–Crippen MR) is 61.1 cm³/mol. The van der Waals surface area contributed by atoms with Crippen molar-refractivity contribution in [1.29, 1.82) is 0 Å². The minimum Gasteiger partial charge on any atom is -0.124 e. The first kappa shape index (κ1) is 9.30. The summed E-state index contributed by atoms with van der Waals surface area (Å²) in [5, 5.41) is 0. The maximum Gasteiger partial charge on any atom is 0.00368 e. The molecule has 0 radical (unpaired) electrons. The van der Waals surface area contributed by atoms with Gasteiger partial charge in [-0.05, 0) is 36.3 Å². The molecule has 0 spiro atoms. The molecule has 1 aromatic rings. The summed E-state index contributed by atoms with van der Waals surface area (Å²) in [6.07, 6.45) is 3.73. The third kappa shape index (κ3) is 1.81. The van der Waals surface area contributed by atoms with Gasteiger partial charge in [-0.15, -0.1) is 5.73 Å². The average molecular weight is 184 g/mol. The molecule has 14 heavy (non-hydrogen) atoms. The summed E-state index contributed by atoms with van der Waals surface area (Å²) < 4.78 is 0. The molecule has 0 saturated heterocycles. The normalized spacial score (nSPS) is 14.9. The van der Waals surface area contributed by atoms with Crippen LogP contribution in [-0.4, -0.2) is 0 Å². The third-order valence-corrected chi connectivity index (χ3v) is 2.85. The fourth-order valence-corrected chi connectivity index (χ4v) is 1.77. The van der Waals surface area contributed by atoms with Crippen LogP contribution in [0.15, 0.2) is 36.6 Å². The molecule has 0 unspecified atom stereocenters. The first-order valence-electron chi connectivity index (χ1n) is 5.34. The van der Waals surface area contributed by atoms with Crippen molar-refractivity contribution < 1.29 is 0 Å². The van der Waals surface area contributed by atoms with Crippen molar-refractivity contribution >= 4 is 5.57 Å². The molecule has 0 heterocycles. The standard InChI is InChI=1S/C14H16/c1-3-11-5-7-12(8-6-11)14(4-2)13-9-10-13/h5-8,13H,2-3,9-10H2,1H3. The third-order valence-electron chi connectivity index (χ3n) is 2.85. The second-order valence-corrected chi connectivity index (χ2v) is 3.92. The molecular formula is C14H16. The van der Waals surface area contributed by atoms with E-state index in [1.54, 1.807) is 0 Å². The fourth-order valence-electron chi connectivity index (χ4n) is 1.77. The van der Waals surface area contributed by atoms with Gasteiger partial charge in [0.15, 0.2) is 0 Å². The molecule has 0 aliphatic heterocycles. The topological polar surface area (TPSA) is 0 Å². The second-order valence-electron chi connectivity index (χ2n) is 3.92. The Morgan fingerprint density at radius 1 is 1.36 bits per heavy atom. The van der Waals surface area contributed by atoms with Gasteiger partial charge in [0.1, 0.15) is 0 Å². The summed E-state index contributed by atoms with van der Waals surface area (Å²) in [5.41, 5.74) is 7.10. The Kier molecular flexibility index (Phi) is 2.56. The van der Waals surface area contributed by atoms with Gasteiger partial charge in [-0.2, -0.15) is 0 Å². The van der Waals surface area contributed by atoms with Crippen LogP contribution in [0.2, 0.25) is 0 Å². The van der Waals surface area contributed by atoms with Gasteiger partial charge in [0.05, 0.1) is 0 Å². The number of benzene rings is 1. The summed E-state index contributed by atoms with van der Waals surface area (Å²) in [4.78, 5) is 0. The van der Waals surface area contributed by atoms with Crippen LogP contribution in [0.4, 0.5) is 0 Å². The Morgan fingerprint density at radius 2 is 2.00 bits per heavy atom. The Bertz CT molecular complexity index is 360. The van der Waals surface area contributed by atoms with Crippen molar-refractivity contribution in [2.45, 2.75) is 26.2 Å². The molecule has 0 N–H and O–H groups in total. The summed E-state index contributed by atoms with van der Waals surface area (Å²) >= 11 is 0. The lowest BCUT2D eigenvalue weighted by atomic mass is 10.0. The highest BCUT2D eigenvalue weighted by atomic mass is 14.3. The molecule has 1 aliphatic carbocycles. The number of aryl methyl sites for hydroxylation is 1.